The molecule has 0 bridgehead atoms. The lowest BCUT2D eigenvalue weighted by atomic mass is 10.2. The molecular formula is C22H24ClFN4O2S. The first-order valence-corrected chi connectivity index (χ1v) is 11.5. The lowest BCUT2D eigenvalue weighted by molar-refractivity contribution is 0.0381. The van der Waals surface area contributed by atoms with E-state index in [1.54, 1.807) is 12.1 Å². The molecular weight excluding hydrogens is 439 g/mol. The van der Waals surface area contributed by atoms with Gasteiger partial charge in [0, 0.05) is 23.0 Å². The first-order valence-electron chi connectivity index (χ1n) is 10.2. The molecule has 2 aromatic carbocycles. The molecule has 0 unspecified atom stereocenters. The number of ether oxygens (including phenoxy) is 2. The second-order valence-corrected chi connectivity index (χ2v) is 8.71. The molecule has 0 spiro atoms. The zero-order valence-electron chi connectivity index (χ0n) is 17.0. The number of anilines is 1. The normalized spacial score (nSPS) is 14.6. The zero-order valence-corrected chi connectivity index (χ0v) is 18.6. The summed E-state index contributed by atoms with van der Waals surface area (Å²) in [6, 6.07) is 10.5. The van der Waals surface area contributed by atoms with Gasteiger partial charge in [0.2, 0.25) is 5.88 Å². The first-order chi connectivity index (χ1) is 15.2. The summed E-state index contributed by atoms with van der Waals surface area (Å²) < 4.78 is 25.0. The summed E-state index contributed by atoms with van der Waals surface area (Å²) in [5.74, 6) is 1.07. The lowest BCUT2D eigenvalue weighted by Crippen LogP contribution is -2.36. The van der Waals surface area contributed by atoms with Gasteiger partial charge in [0.1, 0.15) is 12.1 Å². The summed E-state index contributed by atoms with van der Waals surface area (Å²) in [4.78, 5) is 12.2. The predicted octanol–water partition coefficient (Wildman–Crippen LogP) is 4.69. The second kappa shape index (κ2) is 10.9. The minimum absolute atomic E-state index is 0.0721. The van der Waals surface area contributed by atoms with Crippen molar-refractivity contribution in [3.63, 3.8) is 0 Å². The maximum atomic E-state index is 13.9. The molecule has 31 heavy (non-hydrogen) atoms. The third-order valence-electron chi connectivity index (χ3n) is 4.97. The Morgan fingerprint density at radius 1 is 1.16 bits per heavy atom. The van der Waals surface area contributed by atoms with Crippen LogP contribution in [0, 0.1) is 5.82 Å². The highest BCUT2D eigenvalue weighted by Gasteiger charge is 2.10. The van der Waals surface area contributed by atoms with Crippen LogP contribution in [0.4, 0.5) is 10.1 Å². The molecule has 0 amide bonds. The van der Waals surface area contributed by atoms with Gasteiger partial charge in [0.15, 0.2) is 6.73 Å². The topological polar surface area (TPSA) is 59.5 Å². The van der Waals surface area contributed by atoms with Crippen molar-refractivity contribution in [2.75, 3.05) is 50.6 Å². The summed E-state index contributed by atoms with van der Waals surface area (Å²) in [6.45, 7) is 4.91. The molecule has 3 aromatic rings. The zero-order chi connectivity index (χ0) is 21.5. The molecule has 4 rings (SSSR count). The Morgan fingerprint density at radius 3 is 2.87 bits per heavy atom. The molecule has 1 saturated heterocycles. The van der Waals surface area contributed by atoms with Gasteiger partial charge in [0.25, 0.3) is 0 Å². The molecule has 1 aromatic heterocycles. The highest BCUT2D eigenvalue weighted by molar-refractivity contribution is 7.99. The molecule has 2 heterocycles. The maximum Gasteiger partial charge on any atom is 0.226 e. The maximum absolute atomic E-state index is 13.9. The van der Waals surface area contributed by atoms with Crippen molar-refractivity contribution in [1.82, 2.24) is 14.9 Å². The Kier molecular flexibility index (Phi) is 7.80. The van der Waals surface area contributed by atoms with E-state index in [0.29, 0.717) is 16.6 Å². The number of nitrogens with zero attached hydrogens (tertiary/aromatic N) is 3. The van der Waals surface area contributed by atoms with Gasteiger partial charge in [-0.2, -0.15) is 0 Å². The SMILES string of the molecule is Fc1cc(Cl)ccc1NCOc1ncnc2cc(SCCCN3CCOCC3)ccc12. The number of hydrogen-bond donors (Lipinski definition) is 1. The van der Waals surface area contributed by atoms with Crippen LogP contribution < -0.4 is 10.1 Å². The minimum Gasteiger partial charge on any atom is -0.456 e. The number of rotatable bonds is 9. The number of halogens is 2. The van der Waals surface area contributed by atoms with E-state index in [-0.39, 0.29) is 6.73 Å². The lowest BCUT2D eigenvalue weighted by Gasteiger charge is -2.26. The van der Waals surface area contributed by atoms with Crippen molar-refractivity contribution in [2.45, 2.75) is 11.3 Å². The van der Waals surface area contributed by atoms with Crippen molar-refractivity contribution in [2.24, 2.45) is 0 Å². The van der Waals surface area contributed by atoms with Crippen LogP contribution in [0.1, 0.15) is 6.42 Å². The van der Waals surface area contributed by atoms with Crippen molar-refractivity contribution in [3.8, 4) is 5.88 Å². The fourth-order valence-corrected chi connectivity index (χ4v) is 4.36. The Morgan fingerprint density at radius 2 is 2.03 bits per heavy atom. The Bertz CT molecular complexity index is 1020. The van der Waals surface area contributed by atoms with Crippen molar-refractivity contribution in [3.05, 3.63) is 53.6 Å². The standard InChI is InChI=1S/C22H24ClFN4O2S/c23-16-2-5-20(19(24)12-16)27-15-30-22-18-4-3-17(13-21(18)25-14-26-22)31-11-1-6-28-7-9-29-10-8-28/h2-5,12-14,27H,1,6-11,15H2. The van der Waals surface area contributed by atoms with Crippen LogP contribution in [0.15, 0.2) is 47.6 Å². The van der Waals surface area contributed by atoms with Crippen LogP contribution in [0.25, 0.3) is 10.9 Å². The van der Waals surface area contributed by atoms with Gasteiger partial charge < -0.3 is 14.8 Å². The van der Waals surface area contributed by atoms with E-state index >= 15 is 0 Å². The second-order valence-electron chi connectivity index (χ2n) is 7.10. The number of hydrogen-bond acceptors (Lipinski definition) is 7. The van der Waals surface area contributed by atoms with Gasteiger partial charge >= 0.3 is 0 Å². The largest absolute Gasteiger partial charge is 0.456 e. The first kappa shape index (κ1) is 22.1. The third-order valence-corrected chi connectivity index (χ3v) is 6.28. The average molecular weight is 463 g/mol. The summed E-state index contributed by atoms with van der Waals surface area (Å²) in [7, 11) is 0. The van der Waals surface area contributed by atoms with Gasteiger partial charge in [-0.15, -0.1) is 11.8 Å². The van der Waals surface area contributed by atoms with Gasteiger partial charge in [-0.3, -0.25) is 4.90 Å². The molecule has 0 aliphatic carbocycles. The van der Waals surface area contributed by atoms with Gasteiger partial charge in [-0.05, 0) is 55.1 Å². The molecule has 164 valence electrons. The Balaban J connectivity index is 1.30. The third kappa shape index (κ3) is 6.20. The Labute approximate surface area is 190 Å². The smallest absolute Gasteiger partial charge is 0.226 e. The van der Waals surface area contributed by atoms with Crippen LogP contribution in [0.5, 0.6) is 5.88 Å². The van der Waals surface area contributed by atoms with Crippen LogP contribution in [0.3, 0.4) is 0 Å². The van der Waals surface area contributed by atoms with Crippen LogP contribution in [-0.2, 0) is 4.74 Å². The van der Waals surface area contributed by atoms with E-state index in [2.05, 4.69) is 32.3 Å². The molecule has 1 N–H and O–H groups in total. The summed E-state index contributed by atoms with van der Waals surface area (Å²) >= 11 is 7.60. The van der Waals surface area contributed by atoms with Gasteiger partial charge in [0.05, 0.1) is 29.8 Å². The predicted molar refractivity (Wildman–Crippen MR) is 123 cm³/mol. The molecule has 0 atom stereocenters. The van der Waals surface area contributed by atoms with Crippen LogP contribution >= 0.6 is 23.4 Å². The number of nitrogens with one attached hydrogen (secondary N) is 1. The summed E-state index contributed by atoms with van der Waals surface area (Å²) in [5.41, 5.74) is 1.14. The number of benzene rings is 2. The molecule has 9 heteroatoms. The molecule has 0 saturated carbocycles. The van der Waals surface area contributed by atoms with E-state index in [9.17, 15) is 4.39 Å². The molecule has 6 nitrogen and oxygen atoms in total. The summed E-state index contributed by atoms with van der Waals surface area (Å²) in [6.07, 6.45) is 2.61. The fraction of sp³-hybridized carbons (Fsp3) is 0.364. The fourth-order valence-electron chi connectivity index (χ4n) is 3.33. The van der Waals surface area contributed by atoms with Crippen molar-refractivity contribution >= 4 is 40.0 Å². The molecule has 1 fully saturated rings. The van der Waals surface area contributed by atoms with E-state index < -0.39 is 5.82 Å². The minimum atomic E-state index is -0.432. The average Bonchev–Trinajstić information content (AvgIpc) is 2.79. The van der Waals surface area contributed by atoms with E-state index in [0.717, 1.165) is 55.9 Å². The number of thioether (sulfide) groups is 1. The van der Waals surface area contributed by atoms with E-state index in [1.807, 2.05) is 17.8 Å². The van der Waals surface area contributed by atoms with E-state index in [4.69, 9.17) is 21.1 Å². The van der Waals surface area contributed by atoms with Crippen molar-refractivity contribution in [1.29, 1.82) is 0 Å². The molecule has 1 aliphatic rings. The van der Waals surface area contributed by atoms with Gasteiger partial charge in [-0.25, -0.2) is 14.4 Å². The number of fused-ring (bicyclic) bond motifs is 1. The summed E-state index contributed by atoms with van der Waals surface area (Å²) in [5, 5.41) is 4.06. The number of aromatic nitrogens is 2. The van der Waals surface area contributed by atoms with E-state index in [1.165, 1.54) is 17.3 Å². The quantitative estimate of drug-likeness (QED) is 0.281. The Hall–Kier alpha value is -2.13. The van der Waals surface area contributed by atoms with Crippen molar-refractivity contribution < 1.29 is 13.9 Å². The monoisotopic (exact) mass is 462 g/mol. The van der Waals surface area contributed by atoms with Crippen LogP contribution in [-0.4, -0.2) is 60.2 Å². The molecule has 0 radical (unpaired) electrons. The van der Waals surface area contributed by atoms with Gasteiger partial charge in [-0.1, -0.05) is 11.6 Å². The highest BCUT2D eigenvalue weighted by atomic mass is 35.5. The highest BCUT2D eigenvalue weighted by Crippen LogP contribution is 2.27. The number of morpholine rings is 1. The van der Waals surface area contributed by atoms with Crippen LogP contribution in [0.2, 0.25) is 5.02 Å². The molecule has 1 aliphatic heterocycles.